The third-order valence-corrected chi connectivity index (χ3v) is 6.53. The molecule has 0 aromatic carbocycles. The Morgan fingerprint density at radius 3 is 2.69 bits per heavy atom. The second kappa shape index (κ2) is 9.03. The number of fused-ring (bicyclic) bond motifs is 2. The van der Waals surface area contributed by atoms with Crippen molar-refractivity contribution in [3.63, 3.8) is 0 Å². The van der Waals surface area contributed by atoms with Crippen molar-refractivity contribution in [3.05, 3.63) is 64.8 Å². The van der Waals surface area contributed by atoms with Crippen molar-refractivity contribution in [2.45, 2.75) is 59.3 Å². The zero-order valence-corrected chi connectivity index (χ0v) is 20.2. The number of pyridine rings is 1. The van der Waals surface area contributed by atoms with Crippen LogP contribution in [0.15, 0.2) is 30.9 Å². The van der Waals surface area contributed by atoms with Gasteiger partial charge in [-0.05, 0) is 43.4 Å². The van der Waals surface area contributed by atoms with Crippen LogP contribution in [0.3, 0.4) is 0 Å². The molecule has 0 radical (unpaired) electrons. The molecule has 0 bridgehead atoms. The van der Waals surface area contributed by atoms with Crippen LogP contribution in [0, 0.1) is 19.8 Å². The van der Waals surface area contributed by atoms with Gasteiger partial charge in [-0.2, -0.15) is 13.2 Å². The van der Waals surface area contributed by atoms with Crippen LogP contribution in [0.2, 0.25) is 0 Å². The van der Waals surface area contributed by atoms with Crippen molar-refractivity contribution in [2.24, 2.45) is 5.92 Å². The first kappa shape index (κ1) is 24.0. The van der Waals surface area contributed by atoms with Crippen molar-refractivity contribution in [1.82, 2.24) is 34.2 Å². The maximum atomic E-state index is 13.1. The summed E-state index contributed by atoms with van der Waals surface area (Å²) in [4.78, 5) is 30.8. The fraction of sp³-hybridized carbons (Fsp3) is 0.400. The summed E-state index contributed by atoms with van der Waals surface area (Å²) in [5, 5.41) is 2.94. The number of nitrogens with zero attached hydrogens (tertiary/aromatic N) is 6. The molecule has 0 aliphatic carbocycles. The van der Waals surface area contributed by atoms with Crippen LogP contribution in [-0.4, -0.2) is 41.0 Å². The van der Waals surface area contributed by atoms with E-state index in [-0.39, 0.29) is 31.8 Å². The van der Waals surface area contributed by atoms with E-state index < -0.39 is 12.1 Å². The summed E-state index contributed by atoms with van der Waals surface area (Å²) in [6, 6.07) is 1.90. The first-order chi connectivity index (χ1) is 17.1. The second-order valence-corrected chi connectivity index (χ2v) is 9.22. The lowest BCUT2D eigenvalue weighted by atomic mass is 9.97. The number of nitrogens with one attached hydrogen (secondary N) is 1. The number of alkyl halides is 3. The number of hydrogen-bond donors (Lipinski definition) is 1. The normalized spacial score (nSPS) is 15.8. The predicted octanol–water partition coefficient (Wildman–Crippen LogP) is 4.22. The van der Waals surface area contributed by atoms with Crippen molar-refractivity contribution < 1.29 is 18.0 Å². The maximum Gasteiger partial charge on any atom is 0.392 e. The highest BCUT2D eigenvalue weighted by Crippen LogP contribution is 2.35. The highest BCUT2D eigenvalue weighted by Gasteiger charge is 2.41. The van der Waals surface area contributed by atoms with E-state index in [1.807, 2.05) is 33.0 Å². The van der Waals surface area contributed by atoms with Crippen LogP contribution in [0.5, 0.6) is 0 Å². The molecule has 1 aliphatic heterocycles. The van der Waals surface area contributed by atoms with Gasteiger partial charge in [0, 0.05) is 44.3 Å². The van der Waals surface area contributed by atoms with Crippen LogP contribution < -0.4 is 5.32 Å². The number of carbonyl (C=O) groups excluding carboxylic acids is 1. The van der Waals surface area contributed by atoms with Gasteiger partial charge in [0.2, 0.25) is 5.78 Å². The zero-order chi connectivity index (χ0) is 25.6. The van der Waals surface area contributed by atoms with Gasteiger partial charge in [-0.3, -0.25) is 14.2 Å². The fourth-order valence-corrected chi connectivity index (χ4v) is 4.65. The number of halogens is 3. The molecule has 11 heteroatoms. The Labute approximate surface area is 205 Å². The number of aryl methyl sites for hydroxylation is 4. The summed E-state index contributed by atoms with van der Waals surface area (Å²) >= 11 is 0. The third-order valence-electron chi connectivity index (χ3n) is 6.53. The van der Waals surface area contributed by atoms with E-state index in [1.165, 1.54) is 0 Å². The number of imidazole rings is 2. The van der Waals surface area contributed by atoms with Gasteiger partial charge in [-0.1, -0.05) is 13.0 Å². The summed E-state index contributed by atoms with van der Waals surface area (Å²) in [6.07, 6.45) is 3.29. The number of amides is 1. The molecule has 0 saturated heterocycles. The number of carbonyl (C=O) groups is 1. The van der Waals surface area contributed by atoms with Gasteiger partial charge in [-0.15, -0.1) is 0 Å². The monoisotopic (exact) mass is 497 g/mol. The van der Waals surface area contributed by atoms with Crippen LogP contribution in [0.25, 0.3) is 17.2 Å². The SMILES string of the molecule is CCc1nc2ncc(C)cn2c1C(=O)NCc1cnc(-c2cn3c(n2)CC(C(F)(F)F)CC3)c(C)c1. The molecule has 188 valence electrons. The molecule has 1 N–H and O–H groups in total. The molecule has 36 heavy (non-hydrogen) atoms. The minimum atomic E-state index is -4.21. The quantitative estimate of drug-likeness (QED) is 0.446. The van der Waals surface area contributed by atoms with E-state index in [0.29, 0.717) is 40.8 Å². The van der Waals surface area contributed by atoms with Crippen LogP contribution >= 0.6 is 0 Å². The van der Waals surface area contributed by atoms with Crippen LogP contribution in [0.1, 0.15) is 52.0 Å². The van der Waals surface area contributed by atoms with E-state index in [0.717, 1.165) is 16.7 Å². The Hall–Kier alpha value is -3.76. The van der Waals surface area contributed by atoms with Gasteiger partial charge in [0.15, 0.2) is 0 Å². The fourth-order valence-electron chi connectivity index (χ4n) is 4.65. The number of aromatic nitrogens is 6. The van der Waals surface area contributed by atoms with Crippen LogP contribution in [-0.2, 0) is 25.9 Å². The van der Waals surface area contributed by atoms with Gasteiger partial charge in [-0.25, -0.2) is 15.0 Å². The van der Waals surface area contributed by atoms with Crippen LogP contribution in [0.4, 0.5) is 13.2 Å². The largest absolute Gasteiger partial charge is 0.392 e. The molecule has 1 amide bonds. The minimum absolute atomic E-state index is 0.0548. The lowest BCUT2D eigenvalue weighted by Gasteiger charge is -2.25. The molecule has 1 aliphatic rings. The molecule has 1 atom stereocenters. The maximum absolute atomic E-state index is 13.1. The molecule has 4 aromatic heterocycles. The Kier molecular flexibility index (Phi) is 6.01. The van der Waals surface area contributed by atoms with E-state index in [9.17, 15) is 18.0 Å². The molecule has 8 nitrogen and oxygen atoms in total. The molecule has 5 rings (SSSR count). The zero-order valence-electron chi connectivity index (χ0n) is 20.2. The molecule has 0 fully saturated rings. The first-order valence-electron chi connectivity index (χ1n) is 11.8. The summed E-state index contributed by atoms with van der Waals surface area (Å²) in [5.41, 5.74) is 4.86. The summed E-state index contributed by atoms with van der Waals surface area (Å²) in [6.45, 7) is 6.26. The Balaban J connectivity index is 1.32. The smallest absolute Gasteiger partial charge is 0.347 e. The summed E-state index contributed by atoms with van der Waals surface area (Å²) in [7, 11) is 0. The molecular weight excluding hydrogens is 471 g/mol. The molecule has 0 saturated carbocycles. The van der Waals surface area contributed by atoms with Gasteiger partial charge in [0.1, 0.15) is 17.2 Å². The Morgan fingerprint density at radius 1 is 1.17 bits per heavy atom. The Morgan fingerprint density at radius 2 is 1.97 bits per heavy atom. The average Bonchev–Trinajstić information content (AvgIpc) is 3.42. The predicted molar refractivity (Wildman–Crippen MR) is 126 cm³/mol. The molecule has 4 aromatic rings. The van der Waals surface area contributed by atoms with E-state index in [2.05, 4.69) is 25.3 Å². The highest BCUT2D eigenvalue weighted by atomic mass is 19.4. The summed E-state index contributed by atoms with van der Waals surface area (Å²) in [5.74, 6) is -0.704. The van der Waals surface area contributed by atoms with Gasteiger partial charge in [0.25, 0.3) is 5.91 Å². The average molecular weight is 498 g/mol. The van der Waals surface area contributed by atoms with Gasteiger partial charge < -0.3 is 9.88 Å². The third kappa shape index (κ3) is 4.45. The molecule has 5 heterocycles. The van der Waals surface area contributed by atoms with E-state index in [4.69, 9.17) is 0 Å². The first-order valence-corrected chi connectivity index (χ1v) is 11.8. The van der Waals surface area contributed by atoms with E-state index in [1.54, 1.807) is 27.6 Å². The van der Waals surface area contributed by atoms with Gasteiger partial charge in [0.05, 0.1) is 17.3 Å². The number of rotatable bonds is 5. The summed E-state index contributed by atoms with van der Waals surface area (Å²) < 4.78 is 42.9. The molecular formula is C25H26F3N7O. The molecule has 1 unspecified atom stereocenters. The standard InChI is InChI=1S/C25H26F3N7O/c1-4-18-22(35-12-14(2)9-31-24(35)33-18)23(36)30-11-16-7-15(3)21(29-10-16)19-13-34-6-5-17(25(26,27)28)8-20(34)32-19/h7,9-10,12-13,17H,4-6,8,11H2,1-3H3,(H,30,36). The topological polar surface area (TPSA) is 90.0 Å². The molecule has 0 spiro atoms. The highest BCUT2D eigenvalue weighted by molar-refractivity contribution is 5.94. The Bertz CT molecular complexity index is 1450. The van der Waals surface area contributed by atoms with Crippen molar-refractivity contribution >= 4 is 11.7 Å². The minimum Gasteiger partial charge on any atom is -0.347 e. The van der Waals surface area contributed by atoms with Crippen molar-refractivity contribution in [2.75, 3.05) is 0 Å². The van der Waals surface area contributed by atoms with E-state index >= 15 is 0 Å². The lowest BCUT2D eigenvalue weighted by molar-refractivity contribution is -0.179. The second-order valence-electron chi connectivity index (χ2n) is 9.22. The van der Waals surface area contributed by atoms with Gasteiger partial charge >= 0.3 is 6.18 Å². The van der Waals surface area contributed by atoms with Crippen molar-refractivity contribution in [1.29, 1.82) is 0 Å². The number of hydrogen-bond acceptors (Lipinski definition) is 5. The van der Waals surface area contributed by atoms with Crippen molar-refractivity contribution in [3.8, 4) is 11.4 Å². The lowest BCUT2D eigenvalue weighted by Crippen LogP contribution is -2.31.